The molecule has 0 saturated carbocycles. The lowest BCUT2D eigenvalue weighted by atomic mass is 10.1. The second-order valence-electron chi connectivity index (χ2n) is 4.57. The van der Waals surface area contributed by atoms with Crippen LogP contribution in [0.5, 0.6) is 5.75 Å². The molecule has 6 nitrogen and oxygen atoms in total. The largest absolute Gasteiger partial charge is 0.488 e. The van der Waals surface area contributed by atoms with Crippen molar-refractivity contribution in [1.29, 1.82) is 0 Å². The SMILES string of the molecule is COCC(=O)c1cc([N+](=O)[O-])ccc1OCc1ccccc1. The van der Waals surface area contributed by atoms with Crippen LogP contribution in [0.25, 0.3) is 0 Å². The summed E-state index contributed by atoms with van der Waals surface area (Å²) in [5.41, 5.74) is 0.921. The molecule has 2 rings (SSSR count). The predicted molar refractivity (Wildman–Crippen MR) is 80.1 cm³/mol. The van der Waals surface area contributed by atoms with E-state index >= 15 is 0 Å². The highest BCUT2D eigenvalue weighted by Gasteiger charge is 2.17. The monoisotopic (exact) mass is 301 g/mol. The van der Waals surface area contributed by atoms with Gasteiger partial charge in [-0.1, -0.05) is 30.3 Å². The van der Waals surface area contributed by atoms with Crippen molar-refractivity contribution in [2.45, 2.75) is 6.61 Å². The first-order valence-corrected chi connectivity index (χ1v) is 6.59. The van der Waals surface area contributed by atoms with Gasteiger partial charge < -0.3 is 9.47 Å². The molecule has 6 heteroatoms. The van der Waals surface area contributed by atoms with E-state index < -0.39 is 4.92 Å². The molecule has 0 bridgehead atoms. The lowest BCUT2D eigenvalue weighted by Crippen LogP contribution is -2.10. The summed E-state index contributed by atoms with van der Waals surface area (Å²) in [6.07, 6.45) is 0. The highest BCUT2D eigenvalue weighted by atomic mass is 16.6. The third-order valence-electron chi connectivity index (χ3n) is 2.99. The zero-order chi connectivity index (χ0) is 15.9. The number of carbonyl (C=O) groups excluding carboxylic acids is 1. The van der Waals surface area contributed by atoms with Crippen LogP contribution in [0.1, 0.15) is 15.9 Å². The summed E-state index contributed by atoms with van der Waals surface area (Å²) in [5, 5.41) is 10.8. The molecule has 0 radical (unpaired) electrons. The molecular weight excluding hydrogens is 286 g/mol. The molecule has 0 aromatic heterocycles. The summed E-state index contributed by atoms with van der Waals surface area (Å²) in [5.74, 6) is -0.0641. The van der Waals surface area contributed by atoms with E-state index in [0.29, 0.717) is 5.75 Å². The molecule has 0 saturated heterocycles. The molecule has 114 valence electrons. The number of hydrogen-bond donors (Lipinski definition) is 0. The van der Waals surface area contributed by atoms with E-state index in [2.05, 4.69) is 0 Å². The van der Waals surface area contributed by atoms with Gasteiger partial charge in [-0.05, 0) is 11.6 Å². The van der Waals surface area contributed by atoms with Gasteiger partial charge in [-0.2, -0.15) is 0 Å². The summed E-state index contributed by atoms with van der Waals surface area (Å²) >= 11 is 0. The standard InChI is InChI=1S/C16H15NO5/c1-21-11-15(18)14-9-13(17(19)20)7-8-16(14)22-10-12-5-3-2-4-6-12/h2-9H,10-11H2,1H3. The van der Waals surface area contributed by atoms with Crippen LogP contribution in [0.3, 0.4) is 0 Å². The number of methoxy groups -OCH3 is 1. The van der Waals surface area contributed by atoms with Crippen molar-refractivity contribution in [3.8, 4) is 5.75 Å². The smallest absolute Gasteiger partial charge is 0.270 e. The molecule has 0 aliphatic carbocycles. The van der Waals surface area contributed by atoms with Crippen LogP contribution in [0.2, 0.25) is 0 Å². The first-order chi connectivity index (χ1) is 10.6. The molecule has 0 aliphatic heterocycles. The van der Waals surface area contributed by atoms with Crippen LogP contribution in [0.4, 0.5) is 5.69 Å². The van der Waals surface area contributed by atoms with Gasteiger partial charge in [0.15, 0.2) is 5.78 Å². The number of nitrogens with zero attached hydrogens (tertiary/aromatic N) is 1. The number of Topliss-reactive ketones (excluding diaryl/α,β-unsaturated/α-hetero) is 1. The quantitative estimate of drug-likeness (QED) is 0.446. The minimum Gasteiger partial charge on any atom is -0.488 e. The Bertz CT molecular complexity index is 669. The molecule has 0 N–H and O–H groups in total. The fraction of sp³-hybridized carbons (Fsp3) is 0.188. The van der Waals surface area contributed by atoms with Crippen molar-refractivity contribution in [2.24, 2.45) is 0 Å². The van der Waals surface area contributed by atoms with E-state index in [9.17, 15) is 14.9 Å². The van der Waals surface area contributed by atoms with Gasteiger partial charge in [0, 0.05) is 19.2 Å². The number of rotatable bonds is 7. The van der Waals surface area contributed by atoms with E-state index in [1.807, 2.05) is 30.3 Å². The van der Waals surface area contributed by atoms with Crippen molar-refractivity contribution >= 4 is 11.5 Å². The zero-order valence-electron chi connectivity index (χ0n) is 12.0. The number of non-ortho nitro benzene ring substituents is 1. The highest BCUT2D eigenvalue weighted by Crippen LogP contribution is 2.25. The van der Waals surface area contributed by atoms with E-state index in [4.69, 9.17) is 9.47 Å². The molecule has 0 aliphatic rings. The minimum absolute atomic E-state index is 0.145. The normalized spacial score (nSPS) is 10.2. The van der Waals surface area contributed by atoms with E-state index in [1.165, 1.54) is 25.3 Å². The molecule has 22 heavy (non-hydrogen) atoms. The fourth-order valence-electron chi connectivity index (χ4n) is 1.92. The van der Waals surface area contributed by atoms with Gasteiger partial charge in [-0.25, -0.2) is 0 Å². The van der Waals surface area contributed by atoms with E-state index in [0.717, 1.165) is 5.56 Å². The topological polar surface area (TPSA) is 78.7 Å². The van der Waals surface area contributed by atoms with Crippen LogP contribution < -0.4 is 4.74 Å². The molecule has 0 unspecified atom stereocenters. The average Bonchev–Trinajstić information content (AvgIpc) is 2.54. The Hall–Kier alpha value is -2.73. The third kappa shape index (κ3) is 3.89. The van der Waals surface area contributed by atoms with Crippen LogP contribution in [-0.2, 0) is 11.3 Å². The molecule has 0 amide bonds. The Kier molecular flexibility index (Phi) is 5.21. The summed E-state index contributed by atoms with van der Waals surface area (Å²) in [4.78, 5) is 22.3. The number of ether oxygens (including phenoxy) is 2. The van der Waals surface area contributed by atoms with Crippen molar-refractivity contribution in [3.05, 3.63) is 69.8 Å². The summed E-state index contributed by atoms with van der Waals surface area (Å²) in [6, 6.07) is 13.4. The van der Waals surface area contributed by atoms with Gasteiger partial charge in [-0.15, -0.1) is 0 Å². The van der Waals surface area contributed by atoms with Gasteiger partial charge in [0.25, 0.3) is 5.69 Å². The number of nitro groups is 1. The van der Waals surface area contributed by atoms with Gasteiger partial charge in [0.05, 0.1) is 10.5 Å². The Morgan fingerprint density at radius 2 is 1.91 bits per heavy atom. The number of nitro benzene ring substituents is 1. The zero-order valence-corrected chi connectivity index (χ0v) is 12.0. The average molecular weight is 301 g/mol. The number of carbonyl (C=O) groups is 1. The fourth-order valence-corrected chi connectivity index (χ4v) is 1.92. The minimum atomic E-state index is -0.551. The lowest BCUT2D eigenvalue weighted by molar-refractivity contribution is -0.384. The molecule has 0 spiro atoms. The van der Waals surface area contributed by atoms with E-state index in [-0.39, 0.29) is 30.2 Å². The Labute approximate surface area is 127 Å². The second-order valence-corrected chi connectivity index (χ2v) is 4.57. The molecule has 0 heterocycles. The molecule has 2 aromatic rings. The molecule has 0 atom stereocenters. The van der Waals surface area contributed by atoms with Crippen molar-refractivity contribution in [3.63, 3.8) is 0 Å². The van der Waals surface area contributed by atoms with Gasteiger partial charge >= 0.3 is 0 Å². The number of benzene rings is 2. The van der Waals surface area contributed by atoms with Crippen LogP contribution in [0, 0.1) is 10.1 Å². The Balaban J connectivity index is 2.25. The first-order valence-electron chi connectivity index (χ1n) is 6.59. The predicted octanol–water partition coefficient (Wildman–Crippen LogP) is 3.00. The number of ketones is 1. The number of hydrogen-bond acceptors (Lipinski definition) is 5. The maximum atomic E-state index is 12.0. The van der Waals surface area contributed by atoms with Crippen LogP contribution in [-0.4, -0.2) is 24.4 Å². The molecular formula is C16H15NO5. The lowest BCUT2D eigenvalue weighted by Gasteiger charge is -2.10. The maximum absolute atomic E-state index is 12.0. The van der Waals surface area contributed by atoms with Crippen molar-refractivity contribution in [1.82, 2.24) is 0 Å². The Morgan fingerprint density at radius 3 is 2.55 bits per heavy atom. The van der Waals surface area contributed by atoms with Gasteiger partial charge in [0.2, 0.25) is 0 Å². The Morgan fingerprint density at radius 1 is 1.18 bits per heavy atom. The van der Waals surface area contributed by atoms with Crippen molar-refractivity contribution < 1.29 is 19.2 Å². The van der Waals surface area contributed by atoms with Gasteiger partial charge in [0.1, 0.15) is 19.0 Å². The van der Waals surface area contributed by atoms with Crippen LogP contribution >= 0.6 is 0 Å². The third-order valence-corrected chi connectivity index (χ3v) is 2.99. The summed E-state index contributed by atoms with van der Waals surface area (Å²) in [6.45, 7) is 0.106. The first kappa shape index (κ1) is 15.7. The van der Waals surface area contributed by atoms with Crippen molar-refractivity contribution in [2.75, 3.05) is 13.7 Å². The van der Waals surface area contributed by atoms with E-state index in [1.54, 1.807) is 0 Å². The van der Waals surface area contributed by atoms with Gasteiger partial charge in [-0.3, -0.25) is 14.9 Å². The maximum Gasteiger partial charge on any atom is 0.270 e. The summed E-state index contributed by atoms with van der Waals surface area (Å²) in [7, 11) is 1.39. The second kappa shape index (κ2) is 7.33. The summed E-state index contributed by atoms with van der Waals surface area (Å²) < 4.78 is 10.4. The highest BCUT2D eigenvalue weighted by molar-refractivity contribution is 6.00. The molecule has 0 fully saturated rings. The van der Waals surface area contributed by atoms with Crippen LogP contribution in [0.15, 0.2) is 48.5 Å². The molecule has 2 aromatic carbocycles.